The Bertz CT molecular complexity index is 1020. The first kappa shape index (κ1) is 18.3. The third-order valence-corrected chi connectivity index (χ3v) is 5.04. The van der Waals surface area contributed by atoms with Crippen LogP contribution in [0.3, 0.4) is 0 Å². The first-order valence-electron chi connectivity index (χ1n) is 8.71. The highest BCUT2D eigenvalue weighted by Gasteiger charge is 2.36. The van der Waals surface area contributed by atoms with Gasteiger partial charge in [-0.15, -0.1) is 0 Å². The van der Waals surface area contributed by atoms with Gasteiger partial charge in [-0.3, -0.25) is 4.79 Å². The molecule has 4 rings (SSSR count). The molecule has 0 radical (unpaired) electrons. The second kappa shape index (κ2) is 7.52. The lowest BCUT2D eigenvalue weighted by atomic mass is 10.1. The molecule has 1 unspecified atom stereocenters. The Morgan fingerprint density at radius 1 is 1.18 bits per heavy atom. The fourth-order valence-corrected chi connectivity index (χ4v) is 3.49. The molecule has 1 aliphatic heterocycles. The van der Waals surface area contributed by atoms with Crippen LogP contribution >= 0.6 is 11.6 Å². The van der Waals surface area contributed by atoms with Crippen molar-refractivity contribution in [3.05, 3.63) is 53.4 Å². The maximum atomic E-state index is 12.6. The van der Waals surface area contributed by atoms with E-state index in [0.717, 1.165) is 0 Å². The highest BCUT2D eigenvalue weighted by Crippen LogP contribution is 2.38. The van der Waals surface area contributed by atoms with Crippen molar-refractivity contribution in [1.82, 2.24) is 10.1 Å². The number of methoxy groups -OCH3 is 2. The number of anilines is 1. The van der Waals surface area contributed by atoms with Crippen LogP contribution in [-0.2, 0) is 4.79 Å². The number of nitrogens with zero attached hydrogens (tertiary/aromatic N) is 3. The molecule has 0 saturated carbocycles. The van der Waals surface area contributed by atoms with E-state index in [1.807, 2.05) is 18.2 Å². The third-order valence-electron chi connectivity index (χ3n) is 4.71. The van der Waals surface area contributed by atoms with E-state index in [-0.39, 0.29) is 18.2 Å². The molecule has 1 aromatic heterocycles. The minimum atomic E-state index is -0.206. The van der Waals surface area contributed by atoms with Gasteiger partial charge in [-0.05, 0) is 24.3 Å². The molecule has 0 aliphatic carbocycles. The zero-order valence-electron chi connectivity index (χ0n) is 15.4. The van der Waals surface area contributed by atoms with Gasteiger partial charge in [0.1, 0.15) is 11.5 Å². The van der Waals surface area contributed by atoms with E-state index in [2.05, 4.69) is 10.1 Å². The third kappa shape index (κ3) is 3.29. The summed E-state index contributed by atoms with van der Waals surface area (Å²) in [7, 11) is 3.14. The monoisotopic (exact) mass is 399 g/mol. The molecule has 0 bridgehead atoms. The minimum Gasteiger partial charge on any atom is -0.497 e. The van der Waals surface area contributed by atoms with Gasteiger partial charge < -0.3 is 18.9 Å². The number of hydrogen-bond donors (Lipinski definition) is 0. The Balaban J connectivity index is 1.59. The highest BCUT2D eigenvalue weighted by molar-refractivity contribution is 6.33. The lowest BCUT2D eigenvalue weighted by molar-refractivity contribution is -0.117. The van der Waals surface area contributed by atoms with E-state index in [4.69, 9.17) is 25.6 Å². The van der Waals surface area contributed by atoms with Crippen molar-refractivity contribution in [3.8, 4) is 22.9 Å². The molecule has 0 spiro atoms. The fourth-order valence-electron chi connectivity index (χ4n) is 3.27. The quantitative estimate of drug-likeness (QED) is 0.647. The largest absolute Gasteiger partial charge is 0.497 e. The van der Waals surface area contributed by atoms with E-state index >= 15 is 0 Å². The van der Waals surface area contributed by atoms with Crippen molar-refractivity contribution in [2.24, 2.45) is 0 Å². The molecule has 7 nitrogen and oxygen atoms in total. The van der Waals surface area contributed by atoms with Crippen LogP contribution < -0.4 is 14.4 Å². The van der Waals surface area contributed by atoms with Crippen molar-refractivity contribution < 1.29 is 18.8 Å². The zero-order valence-corrected chi connectivity index (χ0v) is 16.1. The van der Waals surface area contributed by atoms with Gasteiger partial charge in [-0.2, -0.15) is 4.98 Å². The average molecular weight is 400 g/mol. The van der Waals surface area contributed by atoms with Gasteiger partial charge in [0.2, 0.25) is 17.6 Å². The normalized spacial score (nSPS) is 16.5. The number of carbonyl (C=O) groups is 1. The molecular weight excluding hydrogens is 382 g/mol. The van der Waals surface area contributed by atoms with E-state index < -0.39 is 0 Å². The number of carbonyl (C=O) groups excluding carboxylic acids is 1. The maximum Gasteiger partial charge on any atom is 0.232 e. The molecule has 28 heavy (non-hydrogen) atoms. The van der Waals surface area contributed by atoms with Crippen LogP contribution in [-0.4, -0.2) is 36.8 Å². The molecule has 1 amide bonds. The molecule has 0 N–H and O–H groups in total. The molecule has 8 heteroatoms. The molecule has 144 valence electrons. The summed E-state index contributed by atoms with van der Waals surface area (Å²) in [5.41, 5.74) is 1.37. The van der Waals surface area contributed by atoms with Crippen molar-refractivity contribution in [2.75, 3.05) is 25.7 Å². The smallest absolute Gasteiger partial charge is 0.232 e. The summed E-state index contributed by atoms with van der Waals surface area (Å²) in [4.78, 5) is 18.8. The Hall–Kier alpha value is -3.06. The van der Waals surface area contributed by atoms with Crippen LogP contribution in [0.5, 0.6) is 11.5 Å². The molecule has 2 heterocycles. The van der Waals surface area contributed by atoms with Crippen molar-refractivity contribution in [3.63, 3.8) is 0 Å². The second-order valence-corrected chi connectivity index (χ2v) is 6.79. The highest BCUT2D eigenvalue weighted by atomic mass is 35.5. The topological polar surface area (TPSA) is 77.7 Å². The number of benzene rings is 2. The molecule has 1 atom stereocenters. The number of rotatable bonds is 5. The lowest BCUT2D eigenvalue weighted by Crippen LogP contribution is -2.24. The Kier molecular flexibility index (Phi) is 4.92. The number of amides is 1. The summed E-state index contributed by atoms with van der Waals surface area (Å²) in [6.07, 6.45) is 0.277. The summed E-state index contributed by atoms with van der Waals surface area (Å²) < 4.78 is 16.1. The molecule has 3 aromatic rings. The van der Waals surface area contributed by atoms with Crippen LogP contribution in [0.15, 0.2) is 47.0 Å². The van der Waals surface area contributed by atoms with Crippen LogP contribution in [0.25, 0.3) is 11.4 Å². The molecule has 1 saturated heterocycles. The van der Waals surface area contributed by atoms with Gasteiger partial charge in [0.25, 0.3) is 0 Å². The predicted octanol–water partition coefficient (Wildman–Crippen LogP) is 3.93. The van der Waals surface area contributed by atoms with Gasteiger partial charge in [0.05, 0.1) is 30.8 Å². The molecular formula is C20H18ClN3O4. The standard InChI is InChI=1S/C20H18ClN3O4/c1-26-13-7-8-16(17(10-13)27-2)24-11-12(9-18(24)25)20-22-19(23-28-20)14-5-3-4-6-15(14)21/h3-8,10,12H,9,11H2,1-2H3. The minimum absolute atomic E-state index is 0.0361. The van der Waals surface area contributed by atoms with Crippen LogP contribution in [0.2, 0.25) is 5.02 Å². The zero-order chi connectivity index (χ0) is 19.7. The summed E-state index contributed by atoms with van der Waals surface area (Å²) in [5, 5.41) is 4.57. The van der Waals surface area contributed by atoms with E-state index in [1.165, 1.54) is 0 Å². The molecule has 1 fully saturated rings. The Labute approximate surface area is 166 Å². The second-order valence-electron chi connectivity index (χ2n) is 6.38. The van der Waals surface area contributed by atoms with Gasteiger partial charge in [-0.25, -0.2) is 0 Å². The summed E-state index contributed by atoms with van der Waals surface area (Å²) in [6, 6.07) is 12.6. The summed E-state index contributed by atoms with van der Waals surface area (Å²) >= 11 is 6.20. The van der Waals surface area contributed by atoms with Crippen LogP contribution in [0, 0.1) is 0 Å². The molecule has 2 aromatic carbocycles. The summed E-state index contributed by atoms with van der Waals surface area (Å²) in [6.45, 7) is 0.422. The first-order chi connectivity index (χ1) is 13.6. The first-order valence-corrected chi connectivity index (χ1v) is 9.09. The van der Waals surface area contributed by atoms with Crippen LogP contribution in [0.4, 0.5) is 5.69 Å². The number of hydrogen-bond acceptors (Lipinski definition) is 6. The van der Waals surface area contributed by atoms with Crippen molar-refractivity contribution >= 4 is 23.2 Å². The lowest BCUT2D eigenvalue weighted by Gasteiger charge is -2.19. The number of aromatic nitrogens is 2. The fraction of sp³-hybridized carbons (Fsp3) is 0.250. The Morgan fingerprint density at radius 3 is 2.75 bits per heavy atom. The maximum absolute atomic E-state index is 12.6. The number of halogens is 1. The average Bonchev–Trinajstić information content (AvgIpc) is 3.34. The van der Waals surface area contributed by atoms with Gasteiger partial charge in [-0.1, -0.05) is 28.9 Å². The number of ether oxygens (including phenoxy) is 2. The summed E-state index contributed by atoms with van der Waals surface area (Å²) in [5.74, 6) is 1.81. The van der Waals surface area contributed by atoms with Gasteiger partial charge in [0.15, 0.2) is 0 Å². The molecule has 1 aliphatic rings. The predicted molar refractivity (Wildman–Crippen MR) is 104 cm³/mol. The SMILES string of the molecule is COc1ccc(N2CC(c3nc(-c4ccccc4Cl)no3)CC2=O)c(OC)c1. The van der Waals surface area contributed by atoms with E-state index in [1.54, 1.807) is 43.4 Å². The van der Waals surface area contributed by atoms with E-state index in [9.17, 15) is 4.79 Å². The van der Waals surface area contributed by atoms with Crippen molar-refractivity contribution in [1.29, 1.82) is 0 Å². The Morgan fingerprint density at radius 2 is 2.00 bits per heavy atom. The van der Waals surface area contributed by atoms with Crippen LogP contribution in [0.1, 0.15) is 18.2 Å². The van der Waals surface area contributed by atoms with E-state index in [0.29, 0.717) is 46.0 Å². The van der Waals surface area contributed by atoms with Crippen molar-refractivity contribution in [2.45, 2.75) is 12.3 Å². The van der Waals surface area contributed by atoms with Gasteiger partial charge in [0, 0.05) is 24.6 Å². The van der Waals surface area contributed by atoms with Gasteiger partial charge >= 0.3 is 0 Å².